The fourth-order valence-electron chi connectivity index (χ4n) is 2.47. The molecule has 1 amide bonds. The highest BCUT2D eigenvalue weighted by molar-refractivity contribution is 7.89. The fourth-order valence-corrected chi connectivity index (χ4v) is 4.76. The maximum atomic E-state index is 12.2. The summed E-state index contributed by atoms with van der Waals surface area (Å²) in [6, 6.07) is 7.69. The minimum Gasteiger partial charge on any atom is -0.273 e. The lowest BCUT2D eigenvalue weighted by Crippen LogP contribution is -2.41. The second-order valence-electron chi connectivity index (χ2n) is 5.28. The number of halogens is 1. The van der Waals surface area contributed by atoms with Gasteiger partial charge in [0, 0.05) is 9.90 Å². The molecule has 3 rings (SSSR count). The molecule has 1 aromatic heterocycles. The van der Waals surface area contributed by atoms with Crippen molar-refractivity contribution in [3.63, 3.8) is 0 Å². The summed E-state index contributed by atoms with van der Waals surface area (Å²) in [6.07, 6.45) is 4.23. The third-order valence-corrected chi connectivity index (χ3v) is 6.34. The SMILES string of the molecule is O=C(NNS(=O)(=O)c1cccc(Cl)c1)c1cc2c(s1)CCCC2. The van der Waals surface area contributed by atoms with Gasteiger partial charge < -0.3 is 0 Å². The average molecular weight is 371 g/mol. The predicted octanol–water partition coefficient (Wildman–Crippen LogP) is 2.90. The standard InChI is InChI=1S/C15H15ClN2O3S2/c16-11-5-3-6-12(9-11)23(20,21)18-17-15(19)14-8-10-4-1-2-7-13(10)22-14/h3,5-6,8-9,18H,1-2,4,7H2,(H,17,19). The van der Waals surface area contributed by atoms with Gasteiger partial charge in [0.1, 0.15) is 0 Å². The monoisotopic (exact) mass is 370 g/mol. The van der Waals surface area contributed by atoms with Crippen LogP contribution in [0.15, 0.2) is 35.2 Å². The van der Waals surface area contributed by atoms with Crippen molar-refractivity contribution in [1.29, 1.82) is 0 Å². The highest BCUT2D eigenvalue weighted by Crippen LogP contribution is 2.29. The van der Waals surface area contributed by atoms with Crippen LogP contribution in [0.25, 0.3) is 0 Å². The first-order valence-electron chi connectivity index (χ1n) is 7.15. The molecule has 5 nitrogen and oxygen atoms in total. The number of hydrazine groups is 1. The van der Waals surface area contributed by atoms with Crippen molar-refractivity contribution in [3.05, 3.63) is 50.7 Å². The summed E-state index contributed by atoms with van der Waals surface area (Å²) in [7, 11) is -3.85. The average Bonchev–Trinajstić information content (AvgIpc) is 2.97. The minimum absolute atomic E-state index is 0.00391. The molecule has 122 valence electrons. The number of hydrogen-bond donors (Lipinski definition) is 2. The molecule has 0 saturated heterocycles. The molecule has 0 fully saturated rings. The van der Waals surface area contributed by atoms with Gasteiger partial charge in [-0.05, 0) is 55.5 Å². The Labute approximate surface area is 143 Å². The number of sulfonamides is 1. The summed E-state index contributed by atoms with van der Waals surface area (Å²) < 4.78 is 24.3. The zero-order chi connectivity index (χ0) is 16.4. The van der Waals surface area contributed by atoms with Gasteiger partial charge in [0.15, 0.2) is 0 Å². The second-order valence-corrected chi connectivity index (χ2v) is 8.54. The number of thiophene rings is 1. The molecule has 2 N–H and O–H groups in total. The van der Waals surface area contributed by atoms with E-state index in [1.165, 1.54) is 40.0 Å². The smallest absolute Gasteiger partial charge is 0.273 e. The lowest BCUT2D eigenvalue weighted by Gasteiger charge is -2.08. The number of carbonyl (C=O) groups is 1. The quantitative estimate of drug-likeness (QED) is 0.812. The van der Waals surface area contributed by atoms with Gasteiger partial charge in [-0.25, -0.2) is 8.42 Å². The van der Waals surface area contributed by atoms with Gasteiger partial charge in [-0.2, -0.15) is 0 Å². The lowest BCUT2D eigenvalue weighted by molar-refractivity contribution is 0.0949. The van der Waals surface area contributed by atoms with Crippen LogP contribution < -0.4 is 10.3 Å². The second kappa shape index (κ2) is 6.60. The van der Waals surface area contributed by atoms with Gasteiger partial charge in [0.25, 0.3) is 15.9 Å². The summed E-state index contributed by atoms with van der Waals surface area (Å²) in [6.45, 7) is 0. The van der Waals surface area contributed by atoms with Crippen LogP contribution in [0, 0.1) is 0 Å². The highest BCUT2D eigenvalue weighted by atomic mass is 35.5. The number of hydrogen-bond acceptors (Lipinski definition) is 4. The van der Waals surface area contributed by atoms with E-state index in [1.807, 2.05) is 6.07 Å². The van der Waals surface area contributed by atoms with E-state index in [9.17, 15) is 13.2 Å². The Kier molecular flexibility index (Phi) is 4.72. The largest absolute Gasteiger partial charge is 0.276 e. The summed E-state index contributed by atoms with van der Waals surface area (Å²) >= 11 is 7.21. The summed E-state index contributed by atoms with van der Waals surface area (Å²) in [5.74, 6) is -0.449. The van der Waals surface area contributed by atoms with Crippen molar-refractivity contribution in [2.45, 2.75) is 30.6 Å². The molecule has 0 atom stereocenters. The van der Waals surface area contributed by atoms with Crippen molar-refractivity contribution in [2.75, 3.05) is 0 Å². The van der Waals surface area contributed by atoms with Crippen LogP contribution in [0.1, 0.15) is 33.0 Å². The van der Waals surface area contributed by atoms with Crippen molar-refractivity contribution in [3.8, 4) is 0 Å². The maximum absolute atomic E-state index is 12.2. The topological polar surface area (TPSA) is 75.3 Å². The number of benzene rings is 1. The van der Waals surface area contributed by atoms with Crippen LogP contribution in [0.5, 0.6) is 0 Å². The molecule has 0 spiro atoms. The van der Waals surface area contributed by atoms with Crippen LogP contribution in [-0.4, -0.2) is 14.3 Å². The molecule has 1 aliphatic carbocycles. The van der Waals surface area contributed by atoms with E-state index in [-0.39, 0.29) is 4.90 Å². The van der Waals surface area contributed by atoms with Gasteiger partial charge in [-0.1, -0.05) is 17.7 Å². The van der Waals surface area contributed by atoms with E-state index in [0.29, 0.717) is 9.90 Å². The Morgan fingerprint density at radius 1 is 1.17 bits per heavy atom. The van der Waals surface area contributed by atoms with Crippen LogP contribution in [0.3, 0.4) is 0 Å². The van der Waals surface area contributed by atoms with E-state index in [4.69, 9.17) is 11.6 Å². The summed E-state index contributed by atoms with van der Waals surface area (Å²) in [4.78, 5) is 16.0. The number of rotatable bonds is 4. The van der Waals surface area contributed by atoms with Gasteiger partial charge in [-0.15, -0.1) is 16.2 Å². The van der Waals surface area contributed by atoms with E-state index in [1.54, 1.807) is 6.07 Å². The van der Waals surface area contributed by atoms with Crippen LogP contribution in [-0.2, 0) is 22.9 Å². The fraction of sp³-hybridized carbons (Fsp3) is 0.267. The summed E-state index contributed by atoms with van der Waals surface area (Å²) in [5, 5.41) is 0.310. The van der Waals surface area contributed by atoms with Crippen molar-refractivity contribution in [2.24, 2.45) is 0 Å². The van der Waals surface area contributed by atoms with Gasteiger partial charge in [-0.3, -0.25) is 10.2 Å². The Bertz CT molecular complexity index is 823. The zero-order valence-electron chi connectivity index (χ0n) is 12.1. The Morgan fingerprint density at radius 2 is 1.96 bits per heavy atom. The lowest BCUT2D eigenvalue weighted by atomic mass is 9.99. The third-order valence-electron chi connectivity index (χ3n) is 3.63. The molecule has 23 heavy (non-hydrogen) atoms. The maximum Gasteiger partial charge on any atom is 0.276 e. The van der Waals surface area contributed by atoms with Crippen molar-refractivity contribution in [1.82, 2.24) is 10.3 Å². The molecule has 0 bridgehead atoms. The summed E-state index contributed by atoms with van der Waals surface area (Å²) in [5.41, 5.74) is 3.45. The van der Waals surface area contributed by atoms with E-state index in [0.717, 1.165) is 25.7 Å². The normalized spacial score (nSPS) is 14.3. The molecule has 8 heteroatoms. The van der Waals surface area contributed by atoms with E-state index in [2.05, 4.69) is 10.3 Å². The Hall–Kier alpha value is -1.41. The third kappa shape index (κ3) is 3.74. The van der Waals surface area contributed by atoms with E-state index < -0.39 is 15.9 Å². The Balaban J connectivity index is 1.70. The molecule has 1 heterocycles. The Morgan fingerprint density at radius 3 is 2.70 bits per heavy atom. The van der Waals surface area contributed by atoms with Gasteiger partial charge in [0.2, 0.25) is 0 Å². The minimum atomic E-state index is -3.85. The van der Waals surface area contributed by atoms with E-state index >= 15 is 0 Å². The first-order valence-corrected chi connectivity index (χ1v) is 9.83. The van der Waals surface area contributed by atoms with Gasteiger partial charge >= 0.3 is 0 Å². The number of amides is 1. The molecule has 0 unspecified atom stereocenters. The first-order chi connectivity index (χ1) is 11.0. The number of nitrogens with one attached hydrogen (secondary N) is 2. The molecule has 0 radical (unpaired) electrons. The van der Waals surface area contributed by atoms with Crippen molar-refractivity contribution < 1.29 is 13.2 Å². The van der Waals surface area contributed by atoms with Gasteiger partial charge in [0.05, 0.1) is 9.77 Å². The number of fused-ring (bicyclic) bond motifs is 1. The molecule has 1 aromatic carbocycles. The predicted molar refractivity (Wildman–Crippen MR) is 90.2 cm³/mol. The van der Waals surface area contributed by atoms with Crippen molar-refractivity contribution >= 4 is 38.9 Å². The first kappa shape index (κ1) is 16.4. The molecule has 1 aliphatic rings. The molecule has 0 aliphatic heterocycles. The number of aryl methyl sites for hydroxylation is 2. The highest BCUT2D eigenvalue weighted by Gasteiger charge is 2.19. The van der Waals surface area contributed by atoms with Crippen LogP contribution in [0.2, 0.25) is 5.02 Å². The molecule has 2 aromatic rings. The molecular weight excluding hydrogens is 356 g/mol. The molecule has 0 saturated carbocycles. The zero-order valence-corrected chi connectivity index (χ0v) is 14.5. The number of carbonyl (C=O) groups excluding carboxylic acids is 1. The van der Waals surface area contributed by atoms with Crippen LogP contribution >= 0.6 is 22.9 Å². The molecular formula is C15H15ClN2O3S2. The van der Waals surface area contributed by atoms with Crippen LogP contribution in [0.4, 0.5) is 0 Å².